The van der Waals surface area contributed by atoms with Gasteiger partial charge in [0.1, 0.15) is 6.61 Å². The van der Waals surface area contributed by atoms with Crippen molar-refractivity contribution in [3.05, 3.63) is 39.9 Å². The molecule has 0 saturated carbocycles. The Bertz CT molecular complexity index is 314. The van der Waals surface area contributed by atoms with Gasteiger partial charge in [0.2, 0.25) is 0 Å². The molecule has 1 aromatic carbocycles. The molecule has 76 valence electrons. The van der Waals surface area contributed by atoms with Gasteiger partial charge in [0.05, 0.1) is 17.6 Å². The smallest absolute Gasteiger partial charge is 0.258 e. The minimum Gasteiger partial charge on any atom is -0.258 e. The van der Waals surface area contributed by atoms with Gasteiger partial charge in [-0.1, -0.05) is 17.2 Å². The average Bonchev–Trinajstić information content (AvgIpc) is 2.19. The molecule has 0 aromatic heterocycles. The highest BCUT2D eigenvalue weighted by Crippen LogP contribution is 2.18. The number of nitro benzene ring substituents is 1. The molecule has 0 saturated heterocycles. The van der Waals surface area contributed by atoms with Gasteiger partial charge >= 0.3 is 0 Å². The molecule has 0 N–H and O–H groups in total. The molecule has 0 spiro atoms. The van der Waals surface area contributed by atoms with Crippen molar-refractivity contribution in [2.75, 3.05) is 7.11 Å². The molecule has 0 radical (unpaired) electrons. The van der Waals surface area contributed by atoms with Crippen LogP contribution in [0.3, 0.4) is 0 Å². The maximum Gasteiger partial charge on any atom is 0.275 e. The van der Waals surface area contributed by atoms with Crippen molar-refractivity contribution in [2.24, 2.45) is 0 Å². The standard InChI is InChI=1S/C8H9NO5/c1-12-14-13-6-7-4-2-3-5-8(7)9(10)11/h2-5H,6H2,1H3. The third-order valence-electron chi connectivity index (χ3n) is 1.52. The molecule has 6 heteroatoms. The van der Waals surface area contributed by atoms with Gasteiger partial charge in [0, 0.05) is 6.07 Å². The second kappa shape index (κ2) is 5.28. The van der Waals surface area contributed by atoms with Gasteiger partial charge in [-0.2, -0.15) is 0 Å². The van der Waals surface area contributed by atoms with E-state index in [-0.39, 0.29) is 12.3 Å². The normalized spacial score (nSPS) is 10.1. The summed E-state index contributed by atoms with van der Waals surface area (Å²) in [5.41, 5.74) is 0.418. The van der Waals surface area contributed by atoms with E-state index >= 15 is 0 Å². The highest BCUT2D eigenvalue weighted by atomic mass is 17.5. The molecule has 0 aliphatic carbocycles. The first-order chi connectivity index (χ1) is 6.75. The van der Waals surface area contributed by atoms with Crippen LogP contribution in [0.25, 0.3) is 0 Å². The first-order valence-corrected chi connectivity index (χ1v) is 3.80. The Labute approximate surface area is 80.0 Å². The van der Waals surface area contributed by atoms with Gasteiger partial charge in [0.15, 0.2) is 0 Å². The minimum atomic E-state index is -0.481. The van der Waals surface area contributed by atoms with Crippen LogP contribution in [0.15, 0.2) is 24.3 Å². The highest BCUT2D eigenvalue weighted by Gasteiger charge is 2.12. The van der Waals surface area contributed by atoms with E-state index in [1.807, 2.05) is 0 Å². The van der Waals surface area contributed by atoms with Crippen LogP contribution in [0, 0.1) is 10.1 Å². The van der Waals surface area contributed by atoms with E-state index in [0.717, 1.165) is 0 Å². The van der Waals surface area contributed by atoms with Crippen LogP contribution in [0.4, 0.5) is 5.69 Å². The summed E-state index contributed by atoms with van der Waals surface area (Å²) in [6, 6.07) is 6.24. The fourth-order valence-corrected chi connectivity index (χ4v) is 0.947. The van der Waals surface area contributed by atoms with Gasteiger partial charge in [-0.15, -0.1) is 0 Å². The van der Waals surface area contributed by atoms with Gasteiger partial charge in [-0.05, 0) is 6.07 Å². The lowest BCUT2D eigenvalue weighted by Gasteiger charge is -2.01. The first-order valence-electron chi connectivity index (χ1n) is 3.80. The van der Waals surface area contributed by atoms with Crippen LogP contribution in [0.1, 0.15) is 5.56 Å². The summed E-state index contributed by atoms with van der Waals surface area (Å²) >= 11 is 0. The van der Waals surface area contributed by atoms with Crippen molar-refractivity contribution >= 4 is 5.69 Å². The number of hydrogen-bond donors (Lipinski definition) is 0. The zero-order valence-corrected chi connectivity index (χ0v) is 7.50. The number of hydrogen-bond acceptors (Lipinski definition) is 5. The van der Waals surface area contributed by atoms with Crippen molar-refractivity contribution in [3.8, 4) is 0 Å². The van der Waals surface area contributed by atoms with E-state index in [1.165, 1.54) is 13.2 Å². The molecule has 14 heavy (non-hydrogen) atoms. The third kappa shape index (κ3) is 2.77. The average molecular weight is 199 g/mol. The summed E-state index contributed by atoms with van der Waals surface area (Å²) in [6.45, 7) is -0.0367. The largest absolute Gasteiger partial charge is 0.275 e. The maximum absolute atomic E-state index is 10.5. The molecule has 0 fully saturated rings. The van der Waals surface area contributed by atoms with Crippen LogP contribution < -0.4 is 0 Å². The predicted octanol–water partition coefficient (Wildman–Crippen LogP) is 1.60. The molecule has 0 aliphatic rings. The van der Waals surface area contributed by atoms with Crippen LogP contribution in [-0.2, 0) is 21.4 Å². The number of para-hydroxylation sites is 1. The Morgan fingerprint density at radius 3 is 2.79 bits per heavy atom. The predicted molar refractivity (Wildman–Crippen MR) is 46.0 cm³/mol. The van der Waals surface area contributed by atoms with Crippen molar-refractivity contribution < 1.29 is 19.7 Å². The third-order valence-corrected chi connectivity index (χ3v) is 1.52. The Hall–Kier alpha value is -1.50. The molecule has 0 aliphatic heterocycles. The minimum absolute atomic E-state index is 0.00722. The molecular weight excluding hydrogens is 190 g/mol. The van der Waals surface area contributed by atoms with Crippen molar-refractivity contribution in [1.82, 2.24) is 0 Å². The number of rotatable bonds is 5. The van der Waals surface area contributed by atoms with Crippen molar-refractivity contribution in [3.63, 3.8) is 0 Å². The Kier molecular flexibility index (Phi) is 3.99. The summed E-state index contributed by atoms with van der Waals surface area (Å²) in [7, 11) is 1.28. The number of nitrogens with zero attached hydrogens (tertiary/aromatic N) is 1. The van der Waals surface area contributed by atoms with Crippen LogP contribution in [0.2, 0.25) is 0 Å². The fourth-order valence-electron chi connectivity index (χ4n) is 0.947. The number of benzene rings is 1. The lowest BCUT2D eigenvalue weighted by molar-refractivity contribution is -0.508. The quantitative estimate of drug-likeness (QED) is 0.312. The van der Waals surface area contributed by atoms with E-state index in [9.17, 15) is 10.1 Å². The first kappa shape index (κ1) is 10.6. The Morgan fingerprint density at radius 2 is 2.14 bits per heavy atom. The SMILES string of the molecule is COOOCc1ccccc1[N+](=O)[O-]. The Morgan fingerprint density at radius 1 is 1.43 bits per heavy atom. The molecule has 0 amide bonds. The van der Waals surface area contributed by atoms with Gasteiger partial charge in [0.25, 0.3) is 5.69 Å². The molecule has 0 heterocycles. The monoisotopic (exact) mass is 199 g/mol. The summed E-state index contributed by atoms with van der Waals surface area (Å²) in [5, 5.41) is 14.7. The second-order valence-corrected chi connectivity index (χ2v) is 2.38. The van der Waals surface area contributed by atoms with Gasteiger partial charge < -0.3 is 0 Å². The molecule has 0 atom stereocenters. The maximum atomic E-state index is 10.5. The lowest BCUT2D eigenvalue weighted by atomic mass is 10.2. The van der Waals surface area contributed by atoms with Crippen molar-refractivity contribution in [2.45, 2.75) is 6.61 Å². The number of nitro groups is 1. The molecule has 0 unspecified atom stereocenters. The van der Waals surface area contributed by atoms with E-state index in [4.69, 9.17) is 0 Å². The van der Waals surface area contributed by atoms with E-state index in [1.54, 1.807) is 18.2 Å². The molecule has 1 rings (SSSR count). The van der Waals surface area contributed by atoms with Crippen molar-refractivity contribution in [1.29, 1.82) is 0 Å². The van der Waals surface area contributed by atoms with Crippen LogP contribution in [-0.4, -0.2) is 12.0 Å². The zero-order valence-electron chi connectivity index (χ0n) is 7.50. The van der Waals surface area contributed by atoms with Crippen LogP contribution in [0.5, 0.6) is 0 Å². The molecule has 0 bridgehead atoms. The van der Waals surface area contributed by atoms with Gasteiger partial charge in [-0.3, -0.25) is 10.1 Å². The molecule has 1 aromatic rings. The summed E-state index contributed by atoms with van der Waals surface area (Å²) < 4.78 is 0. The fraction of sp³-hybridized carbons (Fsp3) is 0.250. The topological polar surface area (TPSA) is 70.8 Å². The Balaban J connectivity index is 2.69. The second-order valence-electron chi connectivity index (χ2n) is 2.38. The van der Waals surface area contributed by atoms with Gasteiger partial charge in [-0.25, -0.2) is 9.78 Å². The summed E-state index contributed by atoms with van der Waals surface area (Å²) in [6.07, 6.45) is 0. The van der Waals surface area contributed by atoms with E-state index in [0.29, 0.717) is 5.56 Å². The van der Waals surface area contributed by atoms with Crippen LogP contribution >= 0.6 is 0 Å². The van der Waals surface area contributed by atoms with E-state index < -0.39 is 4.92 Å². The molecular formula is C8H9NO5. The molecule has 6 nitrogen and oxygen atoms in total. The summed E-state index contributed by atoms with van der Waals surface area (Å²) in [4.78, 5) is 18.8. The lowest BCUT2D eigenvalue weighted by Crippen LogP contribution is -1.98. The zero-order chi connectivity index (χ0) is 10.4. The highest BCUT2D eigenvalue weighted by molar-refractivity contribution is 5.39. The van der Waals surface area contributed by atoms with E-state index in [2.05, 4.69) is 14.8 Å². The summed E-state index contributed by atoms with van der Waals surface area (Å²) in [5.74, 6) is 0.